The van der Waals surface area contributed by atoms with Crippen LogP contribution in [0.2, 0.25) is 0 Å². The Morgan fingerprint density at radius 1 is 1.12 bits per heavy atom. The van der Waals surface area contributed by atoms with Crippen molar-refractivity contribution in [3.05, 3.63) is 53.6 Å². The van der Waals surface area contributed by atoms with E-state index < -0.39 is 17.8 Å². The molecule has 0 saturated carbocycles. The quantitative estimate of drug-likeness (QED) is 0.724. The van der Waals surface area contributed by atoms with Gasteiger partial charge in [-0.1, -0.05) is 0 Å². The van der Waals surface area contributed by atoms with E-state index in [0.717, 1.165) is 28.3 Å². The van der Waals surface area contributed by atoms with E-state index in [0.29, 0.717) is 5.75 Å². The molecule has 0 unspecified atom stereocenters. The topological polar surface area (TPSA) is 38.7 Å². The molecule has 0 bridgehead atoms. The van der Waals surface area contributed by atoms with Gasteiger partial charge in [0.1, 0.15) is 18.1 Å². The van der Waals surface area contributed by atoms with Crippen LogP contribution < -0.4 is 9.47 Å². The molecule has 0 spiro atoms. The van der Waals surface area contributed by atoms with Crippen LogP contribution in [0, 0.1) is 6.92 Å². The number of hydrogen-bond donors (Lipinski definition) is 1. The molecule has 136 valence electrons. The molecule has 0 aromatic heterocycles. The summed E-state index contributed by atoms with van der Waals surface area (Å²) in [4.78, 5) is 0.992. The minimum absolute atomic E-state index is 0.00744. The fourth-order valence-electron chi connectivity index (χ4n) is 2.11. The lowest BCUT2D eigenvalue weighted by Crippen LogP contribution is -2.20. The van der Waals surface area contributed by atoms with Gasteiger partial charge in [-0.2, -0.15) is 13.2 Å². The van der Waals surface area contributed by atoms with Crippen molar-refractivity contribution in [1.82, 2.24) is 0 Å². The molecule has 0 aliphatic heterocycles. The predicted molar refractivity (Wildman–Crippen MR) is 91.4 cm³/mol. The monoisotopic (exact) mass is 372 g/mol. The molecule has 0 radical (unpaired) electrons. The summed E-state index contributed by atoms with van der Waals surface area (Å²) in [7, 11) is 1.61. The first-order chi connectivity index (χ1) is 11.8. The number of benzene rings is 2. The molecule has 2 rings (SSSR count). The molecule has 0 aliphatic carbocycles. The average Bonchev–Trinajstić information content (AvgIpc) is 2.58. The lowest BCUT2D eigenvalue weighted by Gasteiger charge is -2.13. The van der Waals surface area contributed by atoms with Crippen LogP contribution >= 0.6 is 11.8 Å². The lowest BCUT2D eigenvalue weighted by molar-refractivity contribution is -0.137. The first-order valence-corrected chi connectivity index (χ1v) is 8.53. The maximum atomic E-state index is 12.5. The summed E-state index contributed by atoms with van der Waals surface area (Å²) in [5, 5.41) is 9.98. The van der Waals surface area contributed by atoms with E-state index in [9.17, 15) is 18.3 Å². The number of hydrogen-bond acceptors (Lipinski definition) is 4. The van der Waals surface area contributed by atoms with E-state index in [-0.39, 0.29) is 12.4 Å². The van der Waals surface area contributed by atoms with Crippen molar-refractivity contribution < 1.29 is 27.8 Å². The number of aliphatic hydroxyl groups is 1. The van der Waals surface area contributed by atoms with Gasteiger partial charge in [-0.3, -0.25) is 0 Å². The number of halogens is 3. The fraction of sp³-hybridized carbons (Fsp3) is 0.333. The van der Waals surface area contributed by atoms with Crippen molar-refractivity contribution in [2.75, 3.05) is 19.5 Å². The van der Waals surface area contributed by atoms with Crippen LogP contribution in [0.4, 0.5) is 13.2 Å². The zero-order valence-electron chi connectivity index (χ0n) is 13.8. The van der Waals surface area contributed by atoms with Crippen molar-refractivity contribution in [2.45, 2.75) is 24.1 Å². The molecule has 0 fully saturated rings. The van der Waals surface area contributed by atoms with Gasteiger partial charge in [0.15, 0.2) is 0 Å². The summed E-state index contributed by atoms with van der Waals surface area (Å²) >= 11 is 1.47. The minimum atomic E-state index is -4.37. The molecule has 25 heavy (non-hydrogen) atoms. The first-order valence-electron chi connectivity index (χ1n) is 7.55. The largest absolute Gasteiger partial charge is 0.496 e. The predicted octanol–water partition coefficient (Wildman–Crippen LogP) is 4.55. The third-order valence-corrected chi connectivity index (χ3v) is 4.57. The number of rotatable bonds is 7. The molecule has 0 heterocycles. The summed E-state index contributed by atoms with van der Waals surface area (Å²) in [6.07, 6.45) is -5.11. The third kappa shape index (κ3) is 5.86. The second kappa shape index (κ2) is 8.49. The van der Waals surface area contributed by atoms with Crippen molar-refractivity contribution in [1.29, 1.82) is 0 Å². The standard InChI is InChI=1S/C18H19F3O3S/c1-12-9-16(7-8-17(12)23-2)25-11-14(22)10-24-15-5-3-13(4-6-15)18(19,20)21/h3-9,14,22H,10-11H2,1-2H3/t14-/m1/s1. The van der Waals surface area contributed by atoms with Crippen LogP contribution in [0.5, 0.6) is 11.5 Å². The van der Waals surface area contributed by atoms with Crippen molar-refractivity contribution in [3.63, 3.8) is 0 Å². The molecule has 1 N–H and O–H groups in total. The Morgan fingerprint density at radius 3 is 2.36 bits per heavy atom. The Labute approximate surface area is 148 Å². The average molecular weight is 372 g/mol. The van der Waals surface area contributed by atoms with Crippen LogP contribution in [-0.2, 0) is 6.18 Å². The van der Waals surface area contributed by atoms with Crippen molar-refractivity contribution in [2.24, 2.45) is 0 Å². The van der Waals surface area contributed by atoms with Gasteiger partial charge in [-0.15, -0.1) is 11.8 Å². The Bertz CT molecular complexity index is 687. The number of methoxy groups -OCH3 is 1. The van der Waals surface area contributed by atoms with Gasteiger partial charge in [0, 0.05) is 10.6 Å². The summed E-state index contributed by atoms with van der Waals surface area (Å²) < 4.78 is 48.0. The Hall–Kier alpha value is -1.86. The van der Waals surface area contributed by atoms with E-state index in [1.807, 2.05) is 25.1 Å². The van der Waals surface area contributed by atoms with Gasteiger partial charge in [-0.25, -0.2) is 0 Å². The highest BCUT2D eigenvalue weighted by Gasteiger charge is 2.30. The van der Waals surface area contributed by atoms with E-state index in [1.165, 1.54) is 23.9 Å². The normalized spacial score (nSPS) is 12.7. The van der Waals surface area contributed by atoms with Crippen LogP contribution in [0.15, 0.2) is 47.4 Å². The molecule has 2 aromatic carbocycles. The number of aryl methyl sites for hydroxylation is 1. The molecular formula is C18H19F3O3S. The molecular weight excluding hydrogens is 353 g/mol. The highest BCUT2D eigenvalue weighted by atomic mass is 32.2. The summed E-state index contributed by atoms with van der Waals surface area (Å²) in [5.74, 6) is 1.50. The second-order valence-electron chi connectivity index (χ2n) is 5.43. The number of alkyl halides is 3. The highest BCUT2D eigenvalue weighted by Crippen LogP contribution is 2.30. The number of ether oxygens (including phenoxy) is 2. The Balaban J connectivity index is 1.80. The summed E-state index contributed by atoms with van der Waals surface area (Å²) in [6.45, 7) is 1.94. The Morgan fingerprint density at radius 2 is 1.80 bits per heavy atom. The molecule has 2 aromatic rings. The van der Waals surface area contributed by atoms with Crippen molar-refractivity contribution >= 4 is 11.8 Å². The van der Waals surface area contributed by atoms with E-state index in [1.54, 1.807) is 7.11 Å². The van der Waals surface area contributed by atoms with E-state index in [4.69, 9.17) is 9.47 Å². The molecule has 3 nitrogen and oxygen atoms in total. The van der Waals surface area contributed by atoms with Crippen molar-refractivity contribution in [3.8, 4) is 11.5 Å². The number of aliphatic hydroxyl groups excluding tert-OH is 1. The molecule has 0 aliphatic rings. The SMILES string of the molecule is COc1ccc(SC[C@H](O)COc2ccc(C(F)(F)F)cc2)cc1C. The lowest BCUT2D eigenvalue weighted by atomic mass is 10.2. The van der Waals surface area contributed by atoms with Crippen LogP contribution in [0.3, 0.4) is 0 Å². The van der Waals surface area contributed by atoms with Crippen LogP contribution in [0.1, 0.15) is 11.1 Å². The van der Waals surface area contributed by atoms with E-state index >= 15 is 0 Å². The Kier molecular flexibility index (Phi) is 6.61. The summed E-state index contributed by atoms with van der Waals surface area (Å²) in [6, 6.07) is 10.1. The van der Waals surface area contributed by atoms with Gasteiger partial charge in [0.25, 0.3) is 0 Å². The van der Waals surface area contributed by atoms with Gasteiger partial charge in [0.2, 0.25) is 0 Å². The molecule has 0 amide bonds. The zero-order chi connectivity index (χ0) is 18.4. The summed E-state index contributed by atoms with van der Waals surface area (Å²) in [5.41, 5.74) is 0.272. The van der Waals surface area contributed by atoms with Crippen LogP contribution in [0.25, 0.3) is 0 Å². The minimum Gasteiger partial charge on any atom is -0.496 e. The highest BCUT2D eigenvalue weighted by molar-refractivity contribution is 7.99. The first kappa shape index (κ1) is 19.5. The van der Waals surface area contributed by atoms with Gasteiger partial charge < -0.3 is 14.6 Å². The number of thioether (sulfide) groups is 1. The fourth-order valence-corrected chi connectivity index (χ4v) is 3.02. The van der Waals surface area contributed by atoms with Gasteiger partial charge >= 0.3 is 6.18 Å². The smallest absolute Gasteiger partial charge is 0.416 e. The molecule has 0 saturated heterocycles. The van der Waals surface area contributed by atoms with Gasteiger partial charge in [0.05, 0.1) is 18.8 Å². The zero-order valence-corrected chi connectivity index (χ0v) is 14.7. The van der Waals surface area contributed by atoms with E-state index in [2.05, 4.69) is 0 Å². The second-order valence-corrected chi connectivity index (χ2v) is 6.52. The van der Waals surface area contributed by atoms with Crippen LogP contribution in [-0.4, -0.2) is 30.7 Å². The maximum Gasteiger partial charge on any atom is 0.416 e. The molecule has 7 heteroatoms. The third-order valence-electron chi connectivity index (χ3n) is 3.43. The molecule has 1 atom stereocenters. The van der Waals surface area contributed by atoms with Gasteiger partial charge in [-0.05, 0) is 55.0 Å². The maximum absolute atomic E-state index is 12.5.